The first-order valence-electron chi connectivity index (χ1n) is 9.40. The van der Waals surface area contributed by atoms with Gasteiger partial charge in [0.1, 0.15) is 11.1 Å². The monoisotopic (exact) mass is 386 g/mol. The molecule has 0 aliphatic heterocycles. The Bertz CT molecular complexity index is 863. The van der Waals surface area contributed by atoms with E-state index in [9.17, 15) is 9.59 Å². The second-order valence-corrected chi connectivity index (χ2v) is 8.09. The molecular weight excluding hydrogens is 360 g/mol. The third-order valence-corrected chi connectivity index (χ3v) is 4.54. The summed E-state index contributed by atoms with van der Waals surface area (Å²) in [4.78, 5) is 29.2. The van der Waals surface area contributed by atoms with Gasteiger partial charge >= 0.3 is 6.09 Å². The second-order valence-electron chi connectivity index (χ2n) is 8.09. The van der Waals surface area contributed by atoms with E-state index in [4.69, 9.17) is 9.26 Å². The minimum atomic E-state index is -0.622. The lowest BCUT2D eigenvalue weighted by Crippen LogP contribution is -2.44. The molecule has 0 saturated heterocycles. The Morgan fingerprint density at radius 1 is 1.21 bits per heavy atom. The molecule has 0 atom stereocenters. The van der Waals surface area contributed by atoms with E-state index in [0.29, 0.717) is 23.0 Å². The van der Waals surface area contributed by atoms with Crippen LogP contribution >= 0.6 is 0 Å². The average Bonchev–Trinajstić information content (AvgIpc) is 3.23. The van der Waals surface area contributed by atoms with Crippen molar-refractivity contribution in [1.29, 1.82) is 0 Å². The maximum absolute atomic E-state index is 12.9. The van der Waals surface area contributed by atoms with E-state index >= 15 is 0 Å². The van der Waals surface area contributed by atoms with E-state index in [1.54, 1.807) is 52.0 Å². The summed E-state index contributed by atoms with van der Waals surface area (Å²) in [6, 6.07) is 6.72. The first-order valence-corrected chi connectivity index (χ1v) is 9.40. The number of ether oxygens (including phenoxy) is 1. The quantitative estimate of drug-likeness (QED) is 0.825. The van der Waals surface area contributed by atoms with Gasteiger partial charge in [0.2, 0.25) is 5.89 Å². The van der Waals surface area contributed by atoms with Crippen molar-refractivity contribution < 1.29 is 18.8 Å². The molecule has 28 heavy (non-hydrogen) atoms. The summed E-state index contributed by atoms with van der Waals surface area (Å²) in [6.45, 7) is 7.10. The highest BCUT2D eigenvalue weighted by Crippen LogP contribution is 2.37. The molecule has 1 aromatic heterocycles. The number of nitrogens with zero attached hydrogens (tertiary/aromatic N) is 2. The van der Waals surface area contributed by atoms with Crippen LogP contribution in [-0.2, 0) is 10.3 Å². The first-order chi connectivity index (χ1) is 13.2. The lowest BCUT2D eigenvalue weighted by molar-refractivity contribution is 0.0635. The number of hydrogen-bond donors (Lipinski definition) is 2. The minimum absolute atomic E-state index is 0.253. The SMILES string of the molecule is Cc1nc(C2(NC(=O)c3cccc(NC(=O)OC(C)(C)C)c3)CCCC2)no1. The minimum Gasteiger partial charge on any atom is -0.444 e. The van der Waals surface area contributed by atoms with Crippen LogP contribution in [0.1, 0.15) is 68.5 Å². The van der Waals surface area contributed by atoms with Crippen LogP contribution in [0.5, 0.6) is 0 Å². The molecule has 8 nitrogen and oxygen atoms in total. The number of aryl methyl sites for hydroxylation is 1. The zero-order valence-electron chi connectivity index (χ0n) is 16.7. The number of aromatic nitrogens is 2. The molecular formula is C20H26N4O4. The number of anilines is 1. The van der Waals surface area contributed by atoms with Gasteiger partial charge in [-0.2, -0.15) is 4.98 Å². The molecule has 1 aliphatic rings. The van der Waals surface area contributed by atoms with Gasteiger partial charge in [0.15, 0.2) is 5.82 Å². The number of carbonyl (C=O) groups is 2. The summed E-state index contributed by atoms with van der Waals surface area (Å²) in [5.41, 5.74) is -0.307. The molecule has 1 heterocycles. The normalized spacial score (nSPS) is 15.9. The number of carbonyl (C=O) groups excluding carboxylic acids is 2. The highest BCUT2D eigenvalue weighted by atomic mass is 16.6. The average molecular weight is 386 g/mol. The zero-order chi connectivity index (χ0) is 20.4. The maximum atomic E-state index is 12.9. The van der Waals surface area contributed by atoms with E-state index < -0.39 is 17.2 Å². The predicted octanol–water partition coefficient (Wildman–Crippen LogP) is 3.92. The molecule has 150 valence electrons. The molecule has 1 fully saturated rings. The lowest BCUT2D eigenvalue weighted by Gasteiger charge is -2.27. The Labute approximate surface area is 164 Å². The number of nitrogens with one attached hydrogen (secondary N) is 2. The van der Waals surface area contributed by atoms with Crippen molar-refractivity contribution in [3.63, 3.8) is 0 Å². The zero-order valence-corrected chi connectivity index (χ0v) is 16.7. The Hall–Kier alpha value is -2.90. The maximum Gasteiger partial charge on any atom is 0.412 e. The summed E-state index contributed by atoms with van der Waals surface area (Å²) in [7, 11) is 0. The lowest BCUT2D eigenvalue weighted by atomic mass is 9.96. The Balaban J connectivity index is 1.74. The summed E-state index contributed by atoms with van der Waals surface area (Å²) >= 11 is 0. The fourth-order valence-corrected chi connectivity index (χ4v) is 3.33. The van der Waals surface area contributed by atoms with Gasteiger partial charge in [-0.25, -0.2) is 4.79 Å². The molecule has 0 radical (unpaired) electrons. The van der Waals surface area contributed by atoms with Crippen molar-refractivity contribution in [2.75, 3.05) is 5.32 Å². The van der Waals surface area contributed by atoms with Crippen LogP contribution in [0.4, 0.5) is 10.5 Å². The smallest absolute Gasteiger partial charge is 0.412 e. The highest BCUT2D eigenvalue weighted by Gasteiger charge is 2.41. The van der Waals surface area contributed by atoms with Gasteiger partial charge in [0, 0.05) is 18.2 Å². The molecule has 0 unspecified atom stereocenters. The summed E-state index contributed by atoms with van der Waals surface area (Å²) in [5.74, 6) is 0.732. The Morgan fingerprint density at radius 2 is 1.93 bits per heavy atom. The van der Waals surface area contributed by atoms with E-state index in [1.165, 1.54) is 0 Å². The van der Waals surface area contributed by atoms with Crippen LogP contribution in [0.3, 0.4) is 0 Å². The van der Waals surface area contributed by atoms with Crippen LogP contribution in [-0.4, -0.2) is 27.7 Å². The van der Waals surface area contributed by atoms with Gasteiger partial charge in [-0.1, -0.05) is 24.1 Å². The van der Waals surface area contributed by atoms with Crippen LogP contribution in [0.25, 0.3) is 0 Å². The Kier molecular flexibility index (Phi) is 5.40. The molecule has 1 saturated carbocycles. The topological polar surface area (TPSA) is 106 Å². The van der Waals surface area contributed by atoms with Gasteiger partial charge in [-0.15, -0.1) is 0 Å². The number of hydrogen-bond acceptors (Lipinski definition) is 6. The van der Waals surface area contributed by atoms with Crippen molar-refractivity contribution in [3.05, 3.63) is 41.5 Å². The van der Waals surface area contributed by atoms with Crippen molar-refractivity contribution in [2.45, 2.75) is 64.5 Å². The van der Waals surface area contributed by atoms with Crippen molar-refractivity contribution >= 4 is 17.7 Å². The fourth-order valence-electron chi connectivity index (χ4n) is 3.33. The molecule has 2 aromatic rings. The summed E-state index contributed by atoms with van der Waals surface area (Å²) in [5, 5.41) is 9.77. The molecule has 1 aromatic carbocycles. The third-order valence-electron chi connectivity index (χ3n) is 4.54. The number of benzene rings is 1. The standard InChI is InChI=1S/C20H26N4O4/c1-13-21-17(24-28-13)20(10-5-6-11-20)23-16(25)14-8-7-9-15(12-14)22-18(26)27-19(2,3)4/h7-9,12H,5-6,10-11H2,1-4H3,(H,22,26)(H,23,25). The van der Waals surface area contributed by atoms with Gasteiger partial charge in [-0.05, 0) is 51.8 Å². The van der Waals surface area contributed by atoms with Crippen molar-refractivity contribution in [1.82, 2.24) is 15.5 Å². The molecule has 3 rings (SSSR count). The fraction of sp³-hybridized carbons (Fsp3) is 0.500. The van der Waals surface area contributed by atoms with Gasteiger partial charge in [0.25, 0.3) is 5.91 Å². The van der Waals surface area contributed by atoms with Crippen LogP contribution < -0.4 is 10.6 Å². The van der Waals surface area contributed by atoms with Crippen LogP contribution in [0.2, 0.25) is 0 Å². The molecule has 1 aliphatic carbocycles. The third kappa shape index (κ3) is 4.68. The van der Waals surface area contributed by atoms with E-state index in [0.717, 1.165) is 25.7 Å². The van der Waals surface area contributed by atoms with Gasteiger partial charge in [0.05, 0.1) is 0 Å². The van der Waals surface area contributed by atoms with E-state index in [-0.39, 0.29) is 5.91 Å². The predicted molar refractivity (Wildman–Crippen MR) is 103 cm³/mol. The van der Waals surface area contributed by atoms with Gasteiger partial charge in [-0.3, -0.25) is 10.1 Å². The van der Waals surface area contributed by atoms with Crippen molar-refractivity contribution in [3.8, 4) is 0 Å². The largest absolute Gasteiger partial charge is 0.444 e. The summed E-state index contributed by atoms with van der Waals surface area (Å²) < 4.78 is 10.4. The number of rotatable bonds is 4. The highest BCUT2D eigenvalue weighted by molar-refractivity contribution is 5.96. The van der Waals surface area contributed by atoms with Crippen molar-refractivity contribution in [2.24, 2.45) is 0 Å². The van der Waals surface area contributed by atoms with E-state index in [1.807, 2.05) is 0 Å². The molecule has 8 heteroatoms. The second kappa shape index (κ2) is 7.61. The van der Waals surface area contributed by atoms with Crippen LogP contribution in [0, 0.1) is 6.92 Å². The van der Waals surface area contributed by atoms with E-state index in [2.05, 4.69) is 20.8 Å². The molecule has 0 bridgehead atoms. The molecule has 2 N–H and O–H groups in total. The Morgan fingerprint density at radius 3 is 2.54 bits per heavy atom. The molecule has 0 spiro atoms. The number of amides is 2. The van der Waals surface area contributed by atoms with Crippen LogP contribution in [0.15, 0.2) is 28.8 Å². The summed E-state index contributed by atoms with van der Waals surface area (Å²) in [6.07, 6.45) is 2.91. The first kappa shape index (κ1) is 19.9. The van der Waals surface area contributed by atoms with Gasteiger partial charge < -0.3 is 14.6 Å². The molecule has 2 amide bonds.